The van der Waals surface area contributed by atoms with Gasteiger partial charge in [0.2, 0.25) is 0 Å². The third-order valence-corrected chi connectivity index (χ3v) is 3.66. The molecule has 0 bridgehead atoms. The Morgan fingerprint density at radius 2 is 1.71 bits per heavy atom. The van der Waals surface area contributed by atoms with Crippen molar-refractivity contribution in [1.29, 1.82) is 0 Å². The molecule has 0 heterocycles. The van der Waals surface area contributed by atoms with Crippen LogP contribution in [-0.4, -0.2) is 25.6 Å². The topological polar surface area (TPSA) is 64.6 Å². The molecule has 0 aliphatic rings. The van der Waals surface area contributed by atoms with Crippen molar-refractivity contribution in [1.82, 2.24) is 0 Å². The van der Waals surface area contributed by atoms with Crippen LogP contribution in [0.4, 0.5) is 5.69 Å². The van der Waals surface area contributed by atoms with Crippen LogP contribution < -0.4 is 10.1 Å². The maximum Gasteiger partial charge on any atom is 0.309 e. The second kappa shape index (κ2) is 8.15. The van der Waals surface area contributed by atoms with Crippen LogP contribution in [0.1, 0.15) is 16.7 Å². The van der Waals surface area contributed by atoms with Crippen molar-refractivity contribution in [3.8, 4) is 5.75 Å². The van der Waals surface area contributed by atoms with E-state index in [9.17, 15) is 9.59 Å². The number of hydrogen-bond donors (Lipinski definition) is 1. The minimum atomic E-state index is -0.298. The van der Waals surface area contributed by atoms with Crippen LogP contribution in [-0.2, 0) is 20.7 Å². The van der Waals surface area contributed by atoms with Gasteiger partial charge in [0.15, 0.2) is 6.61 Å². The van der Waals surface area contributed by atoms with Gasteiger partial charge in [0.1, 0.15) is 5.75 Å². The molecule has 1 amide bonds. The third-order valence-electron chi connectivity index (χ3n) is 3.66. The van der Waals surface area contributed by atoms with Crippen molar-refractivity contribution in [2.45, 2.75) is 20.3 Å². The molecule has 0 fully saturated rings. The number of nitrogens with one attached hydrogen (secondary N) is 1. The predicted molar refractivity (Wildman–Crippen MR) is 92.2 cm³/mol. The number of aryl methyl sites for hydroxylation is 2. The molecule has 2 aromatic carbocycles. The lowest BCUT2D eigenvalue weighted by molar-refractivity contribution is -0.139. The predicted octanol–water partition coefficient (Wildman–Crippen LogP) is 3.04. The number of hydrogen-bond acceptors (Lipinski definition) is 4. The van der Waals surface area contributed by atoms with Gasteiger partial charge in [-0.3, -0.25) is 9.59 Å². The van der Waals surface area contributed by atoms with Gasteiger partial charge in [-0.25, -0.2) is 0 Å². The Hall–Kier alpha value is -2.82. The summed E-state index contributed by atoms with van der Waals surface area (Å²) >= 11 is 0. The first-order valence-corrected chi connectivity index (χ1v) is 7.63. The lowest BCUT2D eigenvalue weighted by Crippen LogP contribution is -2.20. The van der Waals surface area contributed by atoms with Gasteiger partial charge in [0.05, 0.1) is 13.5 Å². The summed E-state index contributed by atoms with van der Waals surface area (Å²) < 4.78 is 10.1. The fourth-order valence-electron chi connectivity index (χ4n) is 2.09. The Balaban J connectivity index is 1.85. The lowest BCUT2D eigenvalue weighted by Gasteiger charge is -2.09. The van der Waals surface area contributed by atoms with Gasteiger partial charge in [0, 0.05) is 5.69 Å². The van der Waals surface area contributed by atoms with Crippen molar-refractivity contribution >= 4 is 17.6 Å². The van der Waals surface area contributed by atoms with Crippen molar-refractivity contribution < 1.29 is 19.1 Å². The molecule has 0 saturated carbocycles. The molecule has 5 nitrogen and oxygen atoms in total. The van der Waals surface area contributed by atoms with Gasteiger partial charge in [0.25, 0.3) is 5.91 Å². The number of rotatable bonds is 6. The van der Waals surface area contributed by atoms with Crippen LogP contribution in [0.5, 0.6) is 5.75 Å². The van der Waals surface area contributed by atoms with Crippen LogP contribution in [0.25, 0.3) is 0 Å². The van der Waals surface area contributed by atoms with Crippen LogP contribution in [0, 0.1) is 13.8 Å². The fraction of sp³-hybridized carbons (Fsp3) is 0.263. The second-order valence-electron chi connectivity index (χ2n) is 5.53. The number of methoxy groups -OCH3 is 1. The first kappa shape index (κ1) is 17.5. The van der Waals surface area contributed by atoms with Gasteiger partial charge in [-0.05, 0) is 54.8 Å². The molecule has 0 radical (unpaired) electrons. The van der Waals surface area contributed by atoms with E-state index in [1.54, 1.807) is 24.3 Å². The molecule has 0 aromatic heterocycles. The first-order chi connectivity index (χ1) is 11.5. The summed E-state index contributed by atoms with van der Waals surface area (Å²) in [6.45, 7) is 3.96. The second-order valence-corrected chi connectivity index (χ2v) is 5.53. The van der Waals surface area contributed by atoms with E-state index < -0.39 is 0 Å². The Bertz CT molecular complexity index is 723. The molecule has 2 rings (SSSR count). The van der Waals surface area contributed by atoms with Crippen molar-refractivity contribution in [2.24, 2.45) is 0 Å². The summed E-state index contributed by atoms with van der Waals surface area (Å²) in [5.41, 5.74) is 3.77. The van der Waals surface area contributed by atoms with E-state index in [1.165, 1.54) is 12.7 Å². The molecule has 126 valence electrons. The fourth-order valence-corrected chi connectivity index (χ4v) is 2.09. The van der Waals surface area contributed by atoms with E-state index in [0.29, 0.717) is 11.4 Å². The van der Waals surface area contributed by atoms with Gasteiger partial charge >= 0.3 is 5.97 Å². The highest BCUT2D eigenvalue weighted by Gasteiger charge is 2.06. The largest absolute Gasteiger partial charge is 0.484 e. The zero-order valence-electron chi connectivity index (χ0n) is 14.1. The highest BCUT2D eigenvalue weighted by molar-refractivity contribution is 5.91. The van der Waals surface area contributed by atoms with Crippen LogP contribution >= 0.6 is 0 Å². The summed E-state index contributed by atoms with van der Waals surface area (Å²) in [5, 5.41) is 2.75. The number of amides is 1. The van der Waals surface area contributed by atoms with E-state index in [1.807, 2.05) is 32.0 Å². The zero-order chi connectivity index (χ0) is 17.5. The van der Waals surface area contributed by atoms with Crippen LogP contribution in [0.2, 0.25) is 0 Å². The highest BCUT2D eigenvalue weighted by atomic mass is 16.5. The molecule has 2 aromatic rings. The van der Waals surface area contributed by atoms with E-state index in [4.69, 9.17) is 4.74 Å². The molecule has 5 heteroatoms. The number of ether oxygens (including phenoxy) is 2. The summed E-state index contributed by atoms with van der Waals surface area (Å²) in [6.07, 6.45) is 0.209. The SMILES string of the molecule is COC(=O)Cc1ccc(NC(=O)COc2ccc(C)c(C)c2)cc1. The number of anilines is 1. The minimum Gasteiger partial charge on any atom is -0.484 e. The third kappa shape index (κ3) is 5.12. The smallest absolute Gasteiger partial charge is 0.309 e. The van der Waals surface area contributed by atoms with Crippen molar-refractivity contribution in [3.63, 3.8) is 0 Å². The quantitative estimate of drug-likeness (QED) is 0.828. The number of benzene rings is 2. The molecule has 0 saturated heterocycles. The summed E-state index contributed by atoms with van der Waals surface area (Å²) in [4.78, 5) is 23.1. The van der Waals surface area contributed by atoms with Crippen LogP contribution in [0.3, 0.4) is 0 Å². The van der Waals surface area contributed by atoms with Crippen LogP contribution in [0.15, 0.2) is 42.5 Å². The molecular weight excluding hydrogens is 306 g/mol. The Kier molecular flexibility index (Phi) is 5.95. The van der Waals surface area contributed by atoms with E-state index in [-0.39, 0.29) is 24.9 Å². The van der Waals surface area contributed by atoms with Gasteiger partial charge in [-0.15, -0.1) is 0 Å². The Morgan fingerprint density at radius 1 is 1.00 bits per heavy atom. The normalized spacial score (nSPS) is 10.1. The number of esters is 1. The summed E-state index contributed by atoms with van der Waals surface area (Å²) in [7, 11) is 1.35. The van der Waals surface area contributed by atoms with Gasteiger partial charge in [-0.1, -0.05) is 18.2 Å². The number of carbonyl (C=O) groups is 2. The number of carbonyl (C=O) groups excluding carboxylic acids is 2. The van der Waals surface area contributed by atoms with Gasteiger partial charge in [-0.2, -0.15) is 0 Å². The van der Waals surface area contributed by atoms with Crippen molar-refractivity contribution in [2.75, 3.05) is 19.0 Å². The maximum absolute atomic E-state index is 11.9. The summed E-state index contributed by atoms with van der Waals surface area (Å²) in [6, 6.07) is 12.7. The Labute approximate surface area is 141 Å². The molecule has 0 atom stereocenters. The van der Waals surface area contributed by atoms with E-state index in [2.05, 4.69) is 10.1 Å². The summed E-state index contributed by atoms with van der Waals surface area (Å²) in [5.74, 6) is 0.129. The molecular formula is C19H21NO4. The van der Waals surface area contributed by atoms with Gasteiger partial charge < -0.3 is 14.8 Å². The lowest BCUT2D eigenvalue weighted by atomic mass is 10.1. The van der Waals surface area contributed by atoms with Crippen molar-refractivity contribution in [3.05, 3.63) is 59.2 Å². The monoisotopic (exact) mass is 327 g/mol. The molecule has 0 unspecified atom stereocenters. The highest BCUT2D eigenvalue weighted by Crippen LogP contribution is 2.16. The molecule has 0 spiro atoms. The minimum absolute atomic E-state index is 0.0631. The average Bonchev–Trinajstić information content (AvgIpc) is 2.57. The Morgan fingerprint density at radius 3 is 2.33 bits per heavy atom. The van der Waals surface area contributed by atoms with E-state index >= 15 is 0 Å². The standard InChI is InChI=1S/C19H21NO4/c1-13-4-9-17(10-14(13)2)24-12-18(21)20-16-7-5-15(6-8-16)11-19(22)23-3/h4-10H,11-12H2,1-3H3,(H,20,21). The molecule has 0 aliphatic heterocycles. The molecule has 24 heavy (non-hydrogen) atoms. The zero-order valence-corrected chi connectivity index (χ0v) is 14.1. The average molecular weight is 327 g/mol. The molecule has 1 N–H and O–H groups in total. The first-order valence-electron chi connectivity index (χ1n) is 7.63. The maximum atomic E-state index is 11.9. The molecule has 0 aliphatic carbocycles. The van der Waals surface area contributed by atoms with E-state index in [0.717, 1.165) is 11.1 Å².